The maximum absolute atomic E-state index is 11.7. The number of hydrogen-bond acceptors (Lipinski definition) is 2. The Balaban J connectivity index is 5.02. The average Bonchev–Trinajstić information content (AvgIpc) is 2.48. The monoisotopic (exact) mass is 336 g/mol. The summed E-state index contributed by atoms with van der Waals surface area (Å²) in [6.45, 7) is 10.1. The molecule has 0 aromatic heterocycles. The molecule has 126 valence electrons. The number of carbonyl (C=O) groups excluding carboxylic acids is 1. The van der Waals surface area contributed by atoms with Crippen LogP contribution in [0.4, 0.5) is 0 Å². The number of unbranched alkanes of at least 4 members (excludes halogenated alkanes) is 3. The summed E-state index contributed by atoms with van der Waals surface area (Å²) in [6.07, 6.45) is 12.8. The topological polar surface area (TPSA) is 26.3 Å². The quantitative estimate of drug-likeness (QED) is 0.228. The van der Waals surface area contributed by atoms with E-state index in [1.807, 2.05) is 0 Å². The first kappa shape index (κ1) is 20.9. The standard InChI is InChI=1S/C17H34ClO2P/c1-5-9-13-21(18,14-10-6-2,15-11-7-3)16-12-17(19)20-8-4/h8H,4-7,9-16H2,1-3H3. The van der Waals surface area contributed by atoms with Gasteiger partial charge >= 0.3 is 136 Å². The van der Waals surface area contributed by atoms with Crippen molar-refractivity contribution in [3.8, 4) is 0 Å². The summed E-state index contributed by atoms with van der Waals surface area (Å²) in [6, 6.07) is 0. The molecular formula is C17H34ClO2P. The van der Waals surface area contributed by atoms with Crippen molar-refractivity contribution in [3.63, 3.8) is 0 Å². The average molecular weight is 337 g/mol. The summed E-state index contributed by atoms with van der Waals surface area (Å²) in [5.41, 5.74) is 0. The molecule has 0 unspecified atom stereocenters. The Bertz CT molecular complexity index is 293. The molecule has 0 spiro atoms. The Morgan fingerprint density at radius 3 is 1.76 bits per heavy atom. The minimum absolute atomic E-state index is 0.191. The van der Waals surface area contributed by atoms with Crippen LogP contribution in [-0.2, 0) is 9.53 Å². The van der Waals surface area contributed by atoms with Gasteiger partial charge in [0.1, 0.15) is 0 Å². The first-order valence-corrected chi connectivity index (χ1v) is 12.3. The molecule has 0 aliphatic rings. The van der Waals surface area contributed by atoms with E-state index in [1.165, 1.54) is 44.8 Å². The zero-order valence-electron chi connectivity index (χ0n) is 14.2. The van der Waals surface area contributed by atoms with Gasteiger partial charge in [-0.2, -0.15) is 0 Å². The second-order valence-electron chi connectivity index (χ2n) is 6.18. The van der Waals surface area contributed by atoms with Gasteiger partial charge in [0.2, 0.25) is 0 Å². The second kappa shape index (κ2) is 10.6. The van der Waals surface area contributed by atoms with Crippen molar-refractivity contribution in [1.82, 2.24) is 0 Å². The van der Waals surface area contributed by atoms with Crippen molar-refractivity contribution in [2.45, 2.75) is 65.7 Å². The van der Waals surface area contributed by atoms with Gasteiger partial charge in [-0.1, -0.05) is 0 Å². The molecular weight excluding hydrogens is 303 g/mol. The van der Waals surface area contributed by atoms with Crippen LogP contribution in [0.2, 0.25) is 0 Å². The van der Waals surface area contributed by atoms with Gasteiger partial charge in [-0.15, -0.1) is 0 Å². The zero-order chi connectivity index (χ0) is 16.2. The van der Waals surface area contributed by atoms with Crippen molar-refractivity contribution in [1.29, 1.82) is 0 Å². The molecule has 0 rings (SSSR count). The van der Waals surface area contributed by atoms with Gasteiger partial charge in [-0.3, -0.25) is 0 Å². The normalized spacial score (nSPS) is 13.4. The van der Waals surface area contributed by atoms with Gasteiger partial charge in [0.05, 0.1) is 0 Å². The van der Waals surface area contributed by atoms with Crippen LogP contribution in [0.3, 0.4) is 0 Å². The summed E-state index contributed by atoms with van der Waals surface area (Å²) < 4.78 is 4.88. The first-order valence-electron chi connectivity index (χ1n) is 8.46. The molecule has 0 aliphatic heterocycles. The fourth-order valence-electron chi connectivity index (χ4n) is 2.85. The minimum atomic E-state index is -2.30. The van der Waals surface area contributed by atoms with Crippen molar-refractivity contribution < 1.29 is 9.53 Å². The molecule has 0 radical (unpaired) electrons. The Morgan fingerprint density at radius 2 is 1.43 bits per heavy atom. The van der Waals surface area contributed by atoms with E-state index in [9.17, 15) is 4.79 Å². The van der Waals surface area contributed by atoms with E-state index in [-0.39, 0.29) is 5.97 Å². The van der Waals surface area contributed by atoms with Gasteiger partial charge < -0.3 is 0 Å². The molecule has 0 fully saturated rings. The molecule has 0 heterocycles. The molecule has 0 atom stereocenters. The van der Waals surface area contributed by atoms with Crippen molar-refractivity contribution in [2.75, 3.05) is 24.6 Å². The Labute approximate surface area is 136 Å². The molecule has 0 bridgehead atoms. The number of ether oxygens (including phenoxy) is 1. The van der Waals surface area contributed by atoms with Gasteiger partial charge in [0.25, 0.3) is 0 Å². The van der Waals surface area contributed by atoms with Gasteiger partial charge in [-0.25, -0.2) is 0 Å². The number of hydrogen-bond donors (Lipinski definition) is 0. The molecule has 0 amide bonds. The van der Waals surface area contributed by atoms with Crippen LogP contribution in [0.15, 0.2) is 12.8 Å². The van der Waals surface area contributed by atoms with E-state index in [4.69, 9.17) is 16.0 Å². The third kappa shape index (κ3) is 8.21. The summed E-state index contributed by atoms with van der Waals surface area (Å²) in [7, 11) is 0. The van der Waals surface area contributed by atoms with E-state index >= 15 is 0 Å². The van der Waals surface area contributed by atoms with Crippen molar-refractivity contribution >= 4 is 23.2 Å². The summed E-state index contributed by atoms with van der Waals surface area (Å²) in [5.74, 6) is -2.49. The van der Waals surface area contributed by atoms with Crippen LogP contribution in [-0.4, -0.2) is 30.6 Å². The fraction of sp³-hybridized carbons (Fsp3) is 0.824. The van der Waals surface area contributed by atoms with Gasteiger partial charge in [0, 0.05) is 0 Å². The van der Waals surface area contributed by atoms with Crippen LogP contribution in [0.25, 0.3) is 0 Å². The summed E-state index contributed by atoms with van der Waals surface area (Å²) in [4.78, 5) is 11.7. The van der Waals surface area contributed by atoms with Crippen LogP contribution in [0.1, 0.15) is 65.7 Å². The van der Waals surface area contributed by atoms with E-state index in [0.717, 1.165) is 24.6 Å². The Kier molecular flexibility index (Phi) is 10.6. The number of halogens is 1. The summed E-state index contributed by atoms with van der Waals surface area (Å²) >= 11 is 7.38. The van der Waals surface area contributed by atoms with Crippen LogP contribution in [0.5, 0.6) is 0 Å². The van der Waals surface area contributed by atoms with Gasteiger partial charge in [0.15, 0.2) is 0 Å². The summed E-state index contributed by atoms with van der Waals surface area (Å²) in [5, 5.41) is 0. The molecule has 21 heavy (non-hydrogen) atoms. The molecule has 2 nitrogen and oxygen atoms in total. The van der Waals surface area contributed by atoms with Crippen LogP contribution in [0, 0.1) is 0 Å². The maximum atomic E-state index is 11.7. The molecule has 0 aliphatic carbocycles. The second-order valence-corrected chi connectivity index (χ2v) is 14.5. The molecule has 0 saturated carbocycles. The molecule has 0 N–H and O–H groups in total. The molecule has 0 aromatic carbocycles. The van der Waals surface area contributed by atoms with E-state index in [2.05, 4.69) is 27.4 Å². The molecule has 0 saturated heterocycles. The number of rotatable bonds is 13. The number of esters is 1. The van der Waals surface area contributed by atoms with Crippen LogP contribution < -0.4 is 0 Å². The number of carbonyl (C=O) groups is 1. The molecule has 4 heteroatoms. The molecule has 0 aromatic rings. The zero-order valence-corrected chi connectivity index (χ0v) is 15.9. The van der Waals surface area contributed by atoms with Crippen molar-refractivity contribution in [2.24, 2.45) is 0 Å². The third-order valence-electron chi connectivity index (χ3n) is 4.30. The Hall–Kier alpha value is -0.0700. The van der Waals surface area contributed by atoms with Crippen molar-refractivity contribution in [3.05, 3.63) is 12.8 Å². The van der Waals surface area contributed by atoms with Crippen LogP contribution >= 0.6 is 17.2 Å². The van der Waals surface area contributed by atoms with E-state index in [0.29, 0.717) is 6.42 Å². The van der Waals surface area contributed by atoms with Gasteiger partial charge in [-0.05, 0) is 0 Å². The third-order valence-corrected chi connectivity index (χ3v) is 12.0. The van der Waals surface area contributed by atoms with E-state index in [1.54, 1.807) is 0 Å². The predicted octanol–water partition coefficient (Wildman–Crippen LogP) is 6.17. The Morgan fingerprint density at radius 1 is 1.00 bits per heavy atom. The SMILES string of the molecule is C=COC(=O)CCP(Cl)(CCCC)(CCCC)CCCC. The first-order chi connectivity index (χ1) is 9.93. The van der Waals surface area contributed by atoms with E-state index < -0.39 is 5.96 Å². The predicted molar refractivity (Wildman–Crippen MR) is 97.9 cm³/mol. The fourth-order valence-corrected chi connectivity index (χ4v) is 9.59.